The highest BCUT2D eigenvalue weighted by Gasteiger charge is 2.23. The van der Waals surface area contributed by atoms with Gasteiger partial charge in [-0.15, -0.1) is 0 Å². The van der Waals surface area contributed by atoms with Crippen molar-refractivity contribution < 1.29 is 9.18 Å². The highest BCUT2D eigenvalue weighted by atomic mass is 19.1. The molecule has 1 aromatic heterocycles. The summed E-state index contributed by atoms with van der Waals surface area (Å²) in [4.78, 5) is 12.5. The average Bonchev–Trinajstić information content (AvgIpc) is 2.94. The third-order valence-corrected chi connectivity index (χ3v) is 3.46. The number of nitrogen functional groups attached to an aromatic ring is 1. The van der Waals surface area contributed by atoms with Crippen molar-refractivity contribution in [2.24, 2.45) is 5.84 Å². The Labute approximate surface area is 134 Å². The molecule has 0 aliphatic carbocycles. The summed E-state index contributed by atoms with van der Waals surface area (Å²) in [5.74, 6) is 4.36. The first-order valence-corrected chi connectivity index (χ1v) is 7.42. The molecule has 0 saturated carbocycles. The van der Waals surface area contributed by atoms with Gasteiger partial charge in [-0.1, -0.05) is 20.8 Å². The van der Waals surface area contributed by atoms with E-state index in [4.69, 9.17) is 5.84 Å². The van der Waals surface area contributed by atoms with Crippen molar-refractivity contribution in [3.8, 4) is 0 Å². The fraction of sp³-hybridized carbons (Fsp3) is 0.375. The van der Waals surface area contributed by atoms with Crippen LogP contribution in [0.3, 0.4) is 0 Å². The minimum atomic E-state index is -0.532. The van der Waals surface area contributed by atoms with Crippen LogP contribution in [0.2, 0.25) is 0 Å². The van der Waals surface area contributed by atoms with Crippen LogP contribution >= 0.6 is 0 Å². The highest BCUT2D eigenvalue weighted by molar-refractivity contribution is 6.03. The molecule has 0 aliphatic heterocycles. The Morgan fingerprint density at radius 2 is 2.04 bits per heavy atom. The molecule has 2 aromatic rings. The molecule has 1 heterocycles. The lowest BCUT2D eigenvalue weighted by Gasteiger charge is -2.13. The number of rotatable bonds is 4. The maximum atomic E-state index is 13.9. The minimum Gasteiger partial charge on any atom is -0.324 e. The molecular weight excluding hydrogens is 297 g/mol. The van der Waals surface area contributed by atoms with Crippen LogP contribution in [0, 0.1) is 5.82 Å². The molecule has 4 N–H and O–H groups in total. The molecule has 124 valence electrons. The smallest absolute Gasteiger partial charge is 0.274 e. The summed E-state index contributed by atoms with van der Waals surface area (Å²) in [5.41, 5.74) is 4.00. The Bertz CT molecular complexity index is 718. The van der Waals surface area contributed by atoms with Crippen molar-refractivity contribution in [2.45, 2.75) is 39.7 Å². The zero-order valence-corrected chi connectivity index (χ0v) is 13.8. The van der Waals surface area contributed by atoms with Gasteiger partial charge in [0.25, 0.3) is 5.91 Å². The van der Waals surface area contributed by atoms with E-state index >= 15 is 0 Å². The van der Waals surface area contributed by atoms with Crippen LogP contribution in [-0.4, -0.2) is 15.7 Å². The SMILES string of the molecule is CCn1nc(C(C)(C)C)cc1C(=O)Nc1cc(NN)ccc1F. The van der Waals surface area contributed by atoms with Crippen LogP contribution in [0.5, 0.6) is 0 Å². The molecule has 0 atom stereocenters. The first-order valence-electron chi connectivity index (χ1n) is 7.42. The van der Waals surface area contributed by atoms with Crippen LogP contribution < -0.4 is 16.6 Å². The molecule has 1 aromatic carbocycles. The van der Waals surface area contributed by atoms with Crippen LogP contribution in [-0.2, 0) is 12.0 Å². The molecule has 1 amide bonds. The van der Waals surface area contributed by atoms with Gasteiger partial charge in [0, 0.05) is 12.0 Å². The summed E-state index contributed by atoms with van der Waals surface area (Å²) < 4.78 is 15.5. The minimum absolute atomic E-state index is 0.0617. The molecule has 0 radical (unpaired) electrons. The molecule has 7 heteroatoms. The number of amides is 1. The fourth-order valence-corrected chi connectivity index (χ4v) is 2.10. The lowest BCUT2D eigenvalue weighted by atomic mass is 9.92. The van der Waals surface area contributed by atoms with E-state index in [1.165, 1.54) is 18.2 Å². The molecular formula is C16H22FN5O. The number of benzene rings is 1. The summed E-state index contributed by atoms with van der Waals surface area (Å²) in [5, 5.41) is 7.02. The number of hydrazine groups is 1. The second kappa shape index (κ2) is 6.37. The van der Waals surface area contributed by atoms with Crippen molar-refractivity contribution >= 4 is 17.3 Å². The molecule has 0 saturated heterocycles. The van der Waals surface area contributed by atoms with E-state index in [0.29, 0.717) is 17.9 Å². The van der Waals surface area contributed by atoms with Crippen LogP contribution in [0.25, 0.3) is 0 Å². The normalized spacial score (nSPS) is 11.4. The monoisotopic (exact) mass is 319 g/mol. The third-order valence-electron chi connectivity index (χ3n) is 3.46. The maximum Gasteiger partial charge on any atom is 0.274 e. The van der Waals surface area contributed by atoms with Crippen molar-refractivity contribution in [1.82, 2.24) is 9.78 Å². The Morgan fingerprint density at radius 1 is 1.35 bits per heavy atom. The van der Waals surface area contributed by atoms with Crippen LogP contribution in [0.4, 0.5) is 15.8 Å². The summed E-state index contributed by atoms with van der Waals surface area (Å²) >= 11 is 0. The lowest BCUT2D eigenvalue weighted by molar-refractivity contribution is 0.101. The standard InChI is InChI=1S/C16H22FN5O/c1-5-22-13(9-14(21-22)16(2,3)4)15(23)19-12-8-10(20-18)6-7-11(12)17/h6-9,20H,5,18H2,1-4H3,(H,19,23). The van der Waals surface area contributed by atoms with E-state index in [-0.39, 0.29) is 11.1 Å². The maximum absolute atomic E-state index is 13.9. The molecule has 6 nitrogen and oxygen atoms in total. The van der Waals surface area contributed by atoms with E-state index in [1.807, 2.05) is 27.7 Å². The van der Waals surface area contributed by atoms with Crippen molar-refractivity contribution in [3.05, 3.63) is 41.5 Å². The van der Waals surface area contributed by atoms with E-state index in [2.05, 4.69) is 15.8 Å². The van der Waals surface area contributed by atoms with Gasteiger partial charge in [0.15, 0.2) is 0 Å². The Balaban J connectivity index is 2.33. The van der Waals surface area contributed by atoms with Gasteiger partial charge in [-0.3, -0.25) is 15.3 Å². The number of nitrogens with zero attached hydrogens (tertiary/aromatic N) is 2. The zero-order valence-electron chi connectivity index (χ0n) is 13.8. The topological polar surface area (TPSA) is 85.0 Å². The quantitative estimate of drug-likeness (QED) is 0.597. The number of carbonyl (C=O) groups excluding carboxylic acids is 1. The van der Waals surface area contributed by atoms with Gasteiger partial charge in [0.2, 0.25) is 0 Å². The summed E-state index contributed by atoms with van der Waals surface area (Å²) in [6, 6.07) is 5.90. The van der Waals surface area contributed by atoms with E-state index in [9.17, 15) is 9.18 Å². The van der Waals surface area contributed by atoms with E-state index in [0.717, 1.165) is 5.69 Å². The molecule has 0 bridgehead atoms. The predicted molar refractivity (Wildman–Crippen MR) is 88.8 cm³/mol. The molecule has 0 unspecified atom stereocenters. The van der Waals surface area contributed by atoms with E-state index in [1.54, 1.807) is 10.7 Å². The molecule has 0 fully saturated rings. The number of aromatic nitrogens is 2. The predicted octanol–water partition coefficient (Wildman–Crippen LogP) is 2.88. The molecule has 23 heavy (non-hydrogen) atoms. The molecule has 0 spiro atoms. The third kappa shape index (κ3) is 3.68. The van der Waals surface area contributed by atoms with Crippen LogP contribution in [0.15, 0.2) is 24.3 Å². The van der Waals surface area contributed by atoms with E-state index < -0.39 is 11.7 Å². The number of hydrogen-bond donors (Lipinski definition) is 3. The number of nitrogens with one attached hydrogen (secondary N) is 2. The number of carbonyl (C=O) groups is 1. The Morgan fingerprint density at radius 3 is 2.61 bits per heavy atom. The van der Waals surface area contributed by atoms with Gasteiger partial charge >= 0.3 is 0 Å². The summed E-state index contributed by atoms with van der Waals surface area (Å²) in [6.45, 7) is 8.51. The average molecular weight is 319 g/mol. The number of hydrogen-bond acceptors (Lipinski definition) is 4. The van der Waals surface area contributed by atoms with Crippen molar-refractivity contribution in [3.63, 3.8) is 0 Å². The first-order chi connectivity index (χ1) is 10.8. The van der Waals surface area contributed by atoms with Crippen molar-refractivity contribution in [1.29, 1.82) is 0 Å². The molecule has 0 aliphatic rings. The zero-order chi connectivity index (χ0) is 17.2. The Kier molecular flexibility index (Phi) is 4.70. The van der Waals surface area contributed by atoms with Gasteiger partial charge in [0.05, 0.1) is 17.1 Å². The lowest BCUT2D eigenvalue weighted by Crippen LogP contribution is -2.18. The van der Waals surface area contributed by atoms with Crippen LogP contribution in [0.1, 0.15) is 43.9 Å². The molecule has 2 rings (SSSR count). The number of halogens is 1. The Hall–Kier alpha value is -2.41. The number of nitrogens with two attached hydrogens (primary N) is 1. The highest BCUT2D eigenvalue weighted by Crippen LogP contribution is 2.23. The number of aryl methyl sites for hydroxylation is 1. The first kappa shape index (κ1) is 17.0. The van der Waals surface area contributed by atoms with Gasteiger partial charge in [-0.25, -0.2) is 4.39 Å². The number of anilines is 2. The van der Waals surface area contributed by atoms with Crippen molar-refractivity contribution in [2.75, 3.05) is 10.7 Å². The van der Waals surface area contributed by atoms with Gasteiger partial charge in [-0.05, 0) is 31.2 Å². The second-order valence-corrected chi connectivity index (χ2v) is 6.27. The summed E-state index contributed by atoms with van der Waals surface area (Å²) in [7, 11) is 0. The second-order valence-electron chi connectivity index (χ2n) is 6.27. The fourth-order valence-electron chi connectivity index (χ4n) is 2.10. The van der Waals surface area contributed by atoms with Gasteiger partial charge < -0.3 is 10.7 Å². The van der Waals surface area contributed by atoms with Gasteiger partial charge in [-0.2, -0.15) is 5.10 Å². The van der Waals surface area contributed by atoms with Gasteiger partial charge in [0.1, 0.15) is 11.5 Å². The summed E-state index contributed by atoms with van der Waals surface area (Å²) in [6.07, 6.45) is 0. The largest absolute Gasteiger partial charge is 0.324 e.